The number of nitrogens with zero attached hydrogens (tertiary/aromatic N) is 1. The van der Waals surface area contributed by atoms with E-state index in [0.29, 0.717) is 16.5 Å². The quantitative estimate of drug-likeness (QED) is 0.415. The fraction of sp³-hybridized carbons (Fsp3) is 0.591. The highest BCUT2D eigenvalue weighted by Crippen LogP contribution is 2.31. The Bertz CT molecular complexity index is 609. The summed E-state index contributed by atoms with van der Waals surface area (Å²) in [4.78, 5) is 0. The summed E-state index contributed by atoms with van der Waals surface area (Å²) in [6, 6.07) is 7.52. The third kappa shape index (κ3) is 6.22. The predicted molar refractivity (Wildman–Crippen MR) is 102 cm³/mol. The predicted octanol–water partition coefficient (Wildman–Crippen LogP) is 6.73. The van der Waals surface area contributed by atoms with Crippen LogP contribution in [0.3, 0.4) is 0 Å². The van der Waals surface area contributed by atoms with E-state index in [0.717, 1.165) is 11.5 Å². The molecule has 0 amide bonds. The van der Waals surface area contributed by atoms with Gasteiger partial charge in [0.1, 0.15) is 6.07 Å². The highest BCUT2D eigenvalue weighted by atomic mass is 35.5. The van der Waals surface area contributed by atoms with Crippen LogP contribution in [0.1, 0.15) is 82.3 Å². The molecule has 0 spiro atoms. The van der Waals surface area contributed by atoms with E-state index < -0.39 is 0 Å². The van der Waals surface area contributed by atoms with Crippen molar-refractivity contribution in [2.24, 2.45) is 11.8 Å². The summed E-state index contributed by atoms with van der Waals surface area (Å²) in [5.41, 5.74) is 1.43. The molecule has 24 heavy (non-hydrogen) atoms. The Morgan fingerprint density at radius 2 is 1.83 bits per heavy atom. The lowest BCUT2D eigenvalue weighted by Gasteiger charge is -2.25. The summed E-state index contributed by atoms with van der Waals surface area (Å²) in [6.45, 7) is 2.27. The molecule has 1 aliphatic carbocycles. The van der Waals surface area contributed by atoms with Gasteiger partial charge in [0.2, 0.25) is 0 Å². The molecule has 0 atom stereocenters. The number of benzene rings is 1. The van der Waals surface area contributed by atoms with E-state index in [2.05, 4.69) is 24.8 Å². The number of hydrogen-bond acceptors (Lipinski definition) is 1. The van der Waals surface area contributed by atoms with Crippen molar-refractivity contribution in [3.05, 3.63) is 34.3 Å². The van der Waals surface area contributed by atoms with E-state index >= 15 is 0 Å². The largest absolute Gasteiger partial charge is 0.192 e. The molecule has 1 fully saturated rings. The normalized spacial score (nSPS) is 20.0. The minimum atomic E-state index is 0.496. The number of hydrogen-bond donors (Lipinski definition) is 0. The SMILES string of the molecule is CCCCCCC[C@H]1CC[C@H](C#Cc2ccc(C#N)c(Cl)c2)CC1. The molecular formula is C22H28ClN. The summed E-state index contributed by atoms with van der Waals surface area (Å²) in [7, 11) is 0. The summed E-state index contributed by atoms with van der Waals surface area (Å²) in [5, 5.41) is 9.40. The van der Waals surface area contributed by atoms with Gasteiger partial charge in [0.05, 0.1) is 10.6 Å². The minimum absolute atomic E-state index is 0.496. The summed E-state index contributed by atoms with van der Waals surface area (Å²) in [6.07, 6.45) is 13.5. The monoisotopic (exact) mass is 341 g/mol. The van der Waals surface area contributed by atoms with Crippen LogP contribution in [0.25, 0.3) is 0 Å². The molecule has 1 aliphatic rings. The van der Waals surface area contributed by atoms with Gasteiger partial charge in [0.25, 0.3) is 0 Å². The topological polar surface area (TPSA) is 23.8 Å². The lowest BCUT2D eigenvalue weighted by molar-refractivity contribution is 0.294. The van der Waals surface area contributed by atoms with Crippen molar-refractivity contribution < 1.29 is 0 Å². The maximum absolute atomic E-state index is 8.90. The van der Waals surface area contributed by atoms with Crippen molar-refractivity contribution in [1.29, 1.82) is 5.26 Å². The van der Waals surface area contributed by atoms with Gasteiger partial charge in [-0.3, -0.25) is 0 Å². The maximum atomic E-state index is 8.90. The molecule has 1 saturated carbocycles. The second-order valence-electron chi connectivity index (χ2n) is 7.00. The van der Waals surface area contributed by atoms with Gasteiger partial charge in [0.15, 0.2) is 0 Å². The lowest BCUT2D eigenvalue weighted by atomic mass is 9.80. The zero-order valence-corrected chi connectivity index (χ0v) is 15.5. The molecule has 1 aromatic rings. The number of unbranched alkanes of at least 4 members (excludes halogenated alkanes) is 4. The van der Waals surface area contributed by atoms with Crippen molar-refractivity contribution >= 4 is 11.6 Å². The average Bonchev–Trinajstić information content (AvgIpc) is 2.61. The molecule has 2 rings (SSSR count). The standard InChI is InChI=1S/C22H28ClN/c1-2-3-4-5-6-7-18-8-10-19(11-9-18)12-13-20-14-15-21(17-24)22(23)16-20/h14-16,18-19H,2-11H2,1H3/t18-,19-. The molecular weight excluding hydrogens is 314 g/mol. The first-order valence-corrected chi connectivity index (χ1v) is 9.82. The first-order chi connectivity index (χ1) is 11.7. The number of nitriles is 1. The van der Waals surface area contributed by atoms with Crippen LogP contribution in [-0.2, 0) is 0 Å². The van der Waals surface area contributed by atoms with Gasteiger partial charge in [-0.15, -0.1) is 0 Å². The van der Waals surface area contributed by atoms with E-state index in [1.165, 1.54) is 64.2 Å². The van der Waals surface area contributed by atoms with Crippen molar-refractivity contribution in [1.82, 2.24) is 0 Å². The van der Waals surface area contributed by atoms with E-state index in [4.69, 9.17) is 16.9 Å². The number of halogens is 1. The van der Waals surface area contributed by atoms with Gasteiger partial charge < -0.3 is 0 Å². The first kappa shape index (κ1) is 18.9. The van der Waals surface area contributed by atoms with Gasteiger partial charge in [-0.05, 0) is 49.8 Å². The molecule has 128 valence electrons. The smallest absolute Gasteiger partial charge is 0.101 e. The summed E-state index contributed by atoms with van der Waals surface area (Å²) >= 11 is 6.06. The van der Waals surface area contributed by atoms with Gasteiger partial charge in [-0.1, -0.05) is 68.9 Å². The summed E-state index contributed by atoms with van der Waals surface area (Å²) in [5.74, 6) is 8.11. The van der Waals surface area contributed by atoms with E-state index in [1.54, 1.807) is 12.1 Å². The molecule has 1 nitrogen and oxygen atoms in total. The zero-order chi connectivity index (χ0) is 17.2. The Morgan fingerprint density at radius 1 is 1.08 bits per heavy atom. The van der Waals surface area contributed by atoms with Crippen LogP contribution in [0.2, 0.25) is 5.02 Å². The van der Waals surface area contributed by atoms with Crippen molar-refractivity contribution in [3.8, 4) is 17.9 Å². The molecule has 2 heteroatoms. The van der Waals surface area contributed by atoms with E-state index in [-0.39, 0.29) is 0 Å². The van der Waals surface area contributed by atoms with Crippen LogP contribution >= 0.6 is 11.6 Å². The van der Waals surface area contributed by atoms with Crippen LogP contribution in [0.5, 0.6) is 0 Å². The molecule has 0 saturated heterocycles. The Morgan fingerprint density at radius 3 is 2.50 bits per heavy atom. The Kier molecular flexibility index (Phi) is 8.21. The third-order valence-corrected chi connectivity index (χ3v) is 5.39. The minimum Gasteiger partial charge on any atom is -0.192 e. The second kappa shape index (κ2) is 10.4. The van der Waals surface area contributed by atoms with Gasteiger partial charge in [-0.2, -0.15) is 5.26 Å². The molecule has 0 radical (unpaired) electrons. The molecule has 1 aromatic carbocycles. The third-order valence-electron chi connectivity index (χ3n) is 5.07. The van der Waals surface area contributed by atoms with E-state index in [9.17, 15) is 0 Å². The van der Waals surface area contributed by atoms with E-state index in [1.807, 2.05) is 6.07 Å². The molecule has 0 unspecified atom stereocenters. The fourth-order valence-electron chi connectivity index (χ4n) is 3.50. The fourth-order valence-corrected chi connectivity index (χ4v) is 3.72. The van der Waals surface area contributed by atoms with Crippen molar-refractivity contribution in [2.45, 2.75) is 71.1 Å². The number of rotatable bonds is 6. The molecule has 0 N–H and O–H groups in total. The maximum Gasteiger partial charge on any atom is 0.101 e. The van der Waals surface area contributed by atoms with Gasteiger partial charge in [0, 0.05) is 11.5 Å². The Hall–Kier alpha value is -1.44. The van der Waals surface area contributed by atoms with Crippen molar-refractivity contribution in [2.75, 3.05) is 0 Å². The van der Waals surface area contributed by atoms with Crippen LogP contribution in [0, 0.1) is 35.0 Å². The highest BCUT2D eigenvalue weighted by molar-refractivity contribution is 6.31. The van der Waals surface area contributed by atoms with Crippen LogP contribution < -0.4 is 0 Å². The van der Waals surface area contributed by atoms with Gasteiger partial charge in [-0.25, -0.2) is 0 Å². The molecule has 0 aromatic heterocycles. The summed E-state index contributed by atoms with van der Waals surface area (Å²) < 4.78 is 0. The Balaban J connectivity index is 1.74. The van der Waals surface area contributed by atoms with Crippen LogP contribution in [-0.4, -0.2) is 0 Å². The highest BCUT2D eigenvalue weighted by Gasteiger charge is 2.19. The second-order valence-corrected chi connectivity index (χ2v) is 7.40. The van der Waals surface area contributed by atoms with Gasteiger partial charge >= 0.3 is 0 Å². The first-order valence-electron chi connectivity index (χ1n) is 9.44. The average molecular weight is 342 g/mol. The Labute approximate surface area is 152 Å². The van der Waals surface area contributed by atoms with Crippen LogP contribution in [0.15, 0.2) is 18.2 Å². The molecule has 0 aliphatic heterocycles. The molecule has 0 heterocycles. The lowest BCUT2D eigenvalue weighted by Crippen LogP contribution is -2.13. The van der Waals surface area contributed by atoms with Crippen LogP contribution in [0.4, 0.5) is 0 Å². The van der Waals surface area contributed by atoms with Crippen molar-refractivity contribution in [3.63, 3.8) is 0 Å². The molecule has 0 bridgehead atoms. The zero-order valence-electron chi connectivity index (χ0n) is 14.8.